The number of amides is 1. The Bertz CT molecular complexity index is 169. The minimum Gasteiger partial charge on any atom is -0.353 e. The summed E-state index contributed by atoms with van der Waals surface area (Å²) in [4.78, 5) is 10.9. The van der Waals surface area contributed by atoms with Gasteiger partial charge in [0.05, 0.1) is 0 Å². The Kier molecular flexibility index (Phi) is 2.76. The summed E-state index contributed by atoms with van der Waals surface area (Å²) in [5.74, 6) is 0.230. The van der Waals surface area contributed by atoms with Crippen LogP contribution in [0.15, 0.2) is 0 Å². The average Bonchev–Trinajstić information content (AvgIpc) is 2.30. The first-order chi connectivity index (χ1) is 5.47. The van der Waals surface area contributed by atoms with Gasteiger partial charge < -0.3 is 5.32 Å². The first-order valence-electron chi connectivity index (χ1n) is 4.77. The number of hydrogen-bond donors (Lipinski definition) is 1. The highest BCUT2D eigenvalue weighted by Crippen LogP contribution is 2.23. The summed E-state index contributed by atoms with van der Waals surface area (Å²) in [6.45, 7) is 6.72. The molecule has 1 saturated heterocycles. The fourth-order valence-electron chi connectivity index (χ4n) is 1.50. The molecule has 1 atom stereocenters. The van der Waals surface area contributed by atoms with Crippen molar-refractivity contribution < 1.29 is 4.79 Å². The third-order valence-corrected chi connectivity index (χ3v) is 2.33. The van der Waals surface area contributed by atoms with E-state index in [0.29, 0.717) is 11.5 Å². The van der Waals surface area contributed by atoms with Crippen molar-refractivity contribution >= 4 is 5.91 Å². The van der Waals surface area contributed by atoms with Crippen molar-refractivity contribution in [1.82, 2.24) is 5.32 Å². The van der Waals surface area contributed by atoms with Crippen LogP contribution in [-0.2, 0) is 4.79 Å². The van der Waals surface area contributed by atoms with Crippen molar-refractivity contribution in [3.63, 3.8) is 0 Å². The minimum absolute atomic E-state index is 0.230. The van der Waals surface area contributed by atoms with Gasteiger partial charge in [-0.05, 0) is 24.7 Å². The van der Waals surface area contributed by atoms with Crippen molar-refractivity contribution in [3.05, 3.63) is 0 Å². The van der Waals surface area contributed by atoms with Crippen LogP contribution in [-0.4, -0.2) is 11.9 Å². The summed E-state index contributed by atoms with van der Waals surface area (Å²) in [6, 6.07) is 0.455. The molecular formula is C10H19NO. The first kappa shape index (κ1) is 9.56. The molecule has 0 aromatic rings. The molecule has 1 rings (SSSR count). The summed E-state index contributed by atoms with van der Waals surface area (Å²) >= 11 is 0. The van der Waals surface area contributed by atoms with E-state index in [2.05, 4.69) is 26.1 Å². The van der Waals surface area contributed by atoms with Gasteiger partial charge in [-0.2, -0.15) is 0 Å². The van der Waals surface area contributed by atoms with Gasteiger partial charge in [0.1, 0.15) is 0 Å². The topological polar surface area (TPSA) is 29.1 Å². The second-order valence-corrected chi connectivity index (χ2v) is 4.90. The summed E-state index contributed by atoms with van der Waals surface area (Å²) in [5.41, 5.74) is 0.396. The SMILES string of the molecule is CC(C)(C)CC[C@@H]1CCC(=O)N1. The zero-order chi connectivity index (χ0) is 9.19. The molecule has 0 radical (unpaired) electrons. The molecule has 1 N–H and O–H groups in total. The maximum absolute atomic E-state index is 10.9. The Morgan fingerprint density at radius 3 is 2.58 bits per heavy atom. The van der Waals surface area contributed by atoms with E-state index in [-0.39, 0.29) is 5.91 Å². The second kappa shape index (κ2) is 3.46. The number of carbonyl (C=O) groups is 1. The standard InChI is InChI=1S/C10H19NO/c1-10(2,3)7-6-8-4-5-9(12)11-8/h8H,4-7H2,1-3H3,(H,11,12)/t8-/m0/s1. The van der Waals surface area contributed by atoms with E-state index in [0.717, 1.165) is 19.3 Å². The number of carbonyl (C=O) groups excluding carboxylic acids is 1. The van der Waals surface area contributed by atoms with Crippen LogP contribution in [0.2, 0.25) is 0 Å². The van der Waals surface area contributed by atoms with Gasteiger partial charge >= 0.3 is 0 Å². The van der Waals surface area contributed by atoms with Gasteiger partial charge in [-0.1, -0.05) is 20.8 Å². The van der Waals surface area contributed by atoms with Crippen LogP contribution in [0.25, 0.3) is 0 Å². The first-order valence-corrected chi connectivity index (χ1v) is 4.77. The van der Waals surface area contributed by atoms with Gasteiger partial charge in [0, 0.05) is 12.5 Å². The van der Waals surface area contributed by atoms with E-state index in [9.17, 15) is 4.79 Å². The molecule has 0 unspecified atom stereocenters. The zero-order valence-electron chi connectivity index (χ0n) is 8.31. The van der Waals surface area contributed by atoms with Crippen LogP contribution in [0.1, 0.15) is 46.5 Å². The average molecular weight is 169 g/mol. The fourth-order valence-corrected chi connectivity index (χ4v) is 1.50. The van der Waals surface area contributed by atoms with Crippen LogP contribution >= 0.6 is 0 Å². The normalized spacial score (nSPS) is 24.2. The summed E-state index contributed by atoms with van der Waals surface area (Å²) in [7, 11) is 0. The van der Waals surface area contributed by atoms with Crippen molar-refractivity contribution in [1.29, 1.82) is 0 Å². The van der Waals surface area contributed by atoms with Crippen molar-refractivity contribution in [2.45, 2.75) is 52.5 Å². The lowest BCUT2D eigenvalue weighted by atomic mass is 9.88. The van der Waals surface area contributed by atoms with Crippen LogP contribution in [0.4, 0.5) is 0 Å². The van der Waals surface area contributed by atoms with Gasteiger partial charge in [0.2, 0.25) is 5.91 Å². The largest absolute Gasteiger partial charge is 0.353 e. The monoisotopic (exact) mass is 169 g/mol. The van der Waals surface area contributed by atoms with Gasteiger partial charge in [0.25, 0.3) is 0 Å². The highest BCUT2D eigenvalue weighted by atomic mass is 16.1. The predicted molar refractivity (Wildman–Crippen MR) is 49.9 cm³/mol. The number of nitrogens with one attached hydrogen (secondary N) is 1. The molecule has 0 aromatic heterocycles. The van der Waals surface area contributed by atoms with Crippen LogP contribution in [0.5, 0.6) is 0 Å². The Morgan fingerprint density at radius 1 is 1.50 bits per heavy atom. The van der Waals surface area contributed by atoms with Crippen molar-refractivity contribution in [2.24, 2.45) is 5.41 Å². The maximum atomic E-state index is 10.9. The van der Waals surface area contributed by atoms with Crippen molar-refractivity contribution in [2.75, 3.05) is 0 Å². The van der Waals surface area contributed by atoms with Crippen LogP contribution in [0, 0.1) is 5.41 Å². The second-order valence-electron chi connectivity index (χ2n) is 4.90. The lowest BCUT2D eigenvalue weighted by Crippen LogP contribution is -2.26. The third kappa shape index (κ3) is 3.24. The Morgan fingerprint density at radius 2 is 2.17 bits per heavy atom. The highest BCUT2D eigenvalue weighted by molar-refractivity contribution is 5.78. The minimum atomic E-state index is 0.230. The predicted octanol–water partition coefficient (Wildman–Crippen LogP) is 2.09. The summed E-state index contributed by atoms with van der Waals surface area (Å²) in [6.07, 6.45) is 4.09. The van der Waals surface area contributed by atoms with Gasteiger partial charge in [-0.15, -0.1) is 0 Å². The molecule has 1 amide bonds. The van der Waals surface area contributed by atoms with E-state index in [1.54, 1.807) is 0 Å². The van der Waals surface area contributed by atoms with Crippen LogP contribution in [0.3, 0.4) is 0 Å². The number of rotatable bonds is 2. The van der Waals surface area contributed by atoms with Gasteiger partial charge in [0.15, 0.2) is 0 Å². The highest BCUT2D eigenvalue weighted by Gasteiger charge is 2.22. The molecule has 70 valence electrons. The molecule has 0 aromatic carbocycles. The van der Waals surface area contributed by atoms with E-state index >= 15 is 0 Å². The van der Waals surface area contributed by atoms with E-state index < -0.39 is 0 Å². The maximum Gasteiger partial charge on any atom is 0.220 e. The molecule has 0 aliphatic carbocycles. The van der Waals surface area contributed by atoms with E-state index in [4.69, 9.17) is 0 Å². The molecule has 12 heavy (non-hydrogen) atoms. The summed E-state index contributed by atoms with van der Waals surface area (Å²) < 4.78 is 0. The van der Waals surface area contributed by atoms with E-state index in [1.807, 2.05) is 0 Å². The smallest absolute Gasteiger partial charge is 0.220 e. The quantitative estimate of drug-likeness (QED) is 0.673. The molecule has 1 aliphatic heterocycles. The van der Waals surface area contributed by atoms with Crippen LogP contribution < -0.4 is 5.32 Å². The Balaban J connectivity index is 2.20. The van der Waals surface area contributed by atoms with Crippen molar-refractivity contribution in [3.8, 4) is 0 Å². The Hall–Kier alpha value is -0.530. The van der Waals surface area contributed by atoms with Gasteiger partial charge in [-0.3, -0.25) is 4.79 Å². The molecule has 0 spiro atoms. The lowest BCUT2D eigenvalue weighted by Gasteiger charge is -2.20. The summed E-state index contributed by atoms with van der Waals surface area (Å²) in [5, 5.41) is 2.99. The molecule has 0 saturated carbocycles. The fraction of sp³-hybridized carbons (Fsp3) is 0.900. The zero-order valence-corrected chi connectivity index (χ0v) is 8.31. The lowest BCUT2D eigenvalue weighted by molar-refractivity contribution is -0.119. The van der Waals surface area contributed by atoms with Gasteiger partial charge in [-0.25, -0.2) is 0 Å². The van der Waals surface area contributed by atoms with E-state index in [1.165, 1.54) is 6.42 Å². The molecular weight excluding hydrogens is 150 g/mol. The molecule has 0 bridgehead atoms. The molecule has 1 fully saturated rings. The molecule has 1 aliphatic rings. The molecule has 2 nitrogen and oxygen atoms in total. The molecule has 1 heterocycles. The number of hydrogen-bond acceptors (Lipinski definition) is 1. The third-order valence-electron chi connectivity index (χ3n) is 2.33. The Labute approximate surface area is 74.7 Å². The molecule has 2 heteroatoms.